The quantitative estimate of drug-likeness (QED) is 0.753. The second-order valence-corrected chi connectivity index (χ2v) is 5.11. The van der Waals surface area contributed by atoms with Gasteiger partial charge in [-0.25, -0.2) is 4.39 Å². The van der Waals surface area contributed by atoms with Gasteiger partial charge in [0.15, 0.2) is 0 Å². The van der Waals surface area contributed by atoms with Crippen LogP contribution in [-0.2, 0) is 6.42 Å². The second kappa shape index (κ2) is 6.91. The normalized spacial score (nSPS) is 10.4. The van der Waals surface area contributed by atoms with Crippen molar-refractivity contribution in [2.45, 2.75) is 6.42 Å². The molecule has 2 aromatic carbocycles. The lowest BCUT2D eigenvalue weighted by atomic mass is 10.1. The number of ether oxygens (including phenoxy) is 1. The van der Waals surface area contributed by atoms with Crippen LogP contribution in [0.5, 0.6) is 5.75 Å². The summed E-state index contributed by atoms with van der Waals surface area (Å²) in [6, 6.07) is 13.1. The molecule has 0 saturated heterocycles. The molecule has 122 valence electrons. The van der Waals surface area contributed by atoms with E-state index in [-0.39, 0.29) is 17.3 Å². The largest absolute Gasteiger partial charge is 0.497 e. The maximum atomic E-state index is 12.9. The highest BCUT2D eigenvalue weighted by atomic mass is 19.1. The minimum Gasteiger partial charge on any atom is -0.497 e. The average molecular weight is 326 g/mol. The van der Waals surface area contributed by atoms with E-state index in [1.807, 2.05) is 24.3 Å². The number of halogens is 1. The molecule has 7 heteroatoms. The van der Waals surface area contributed by atoms with Crippen molar-refractivity contribution in [1.82, 2.24) is 15.2 Å². The maximum absolute atomic E-state index is 12.9. The Morgan fingerprint density at radius 2 is 1.79 bits per heavy atom. The fraction of sp³-hybridized carbons (Fsp3) is 0.118. The lowest BCUT2D eigenvalue weighted by Gasteiger charge is -2.06. The van der Waals surface area contributed by atoms with Crippen LogP contribution in [0.2, 0.25) is 0 Å². The SMILES string of the molecule is COc1ccc(Cc2nnc(Nc3ccc(F)cc3)[nH]c2=O)cc1. The number of rotatable bonds is 5. The van der Waals surface area contributed by atoms with Crippen LogP contribution in [-0.4, -0.2) is 22.3 Å². The molecule has 0 atom stereocenters. The number of anilines is 2. The van der Waals surface area contributed by atoms with Gasteiger partial charge in [0.05, 0.1) is 7.11 Å². The van der Waals surface area contributed by atoms with Gasteiger partial charge >= 0.3 is 0 Å². The summed E-state index contributed by atoms with van der Waals surface area (Å²) >= 11 is 0. The first kappa shape index (κ1) is 15.7. The van der Waals surface area contributed by atoms with Gasteiger partial charge in [-0.15, -0.1) is 10.2 Å². The number of H-pyrrole nitrogens is 1. The Kier molecular flexibility index (Phi) is 4.51. The third-order valence-electron chi connectivity index (χ3n) is 3.40. The van der Waals surface area contributed by atoms with Crippen LogP contribution < -0.4 is 15.6 Å². The summed E-state index contributed by atoms with van der Waals surface area (Å²) in [4.78, 5) is 14.8. The average Bonchev–Trinajstić information content (AvgIpc) is 2.60. The Hall–Kier alpha value is -3.22. The number of hydrogen-bond acceptors (Lipinski definition) is 5. The first-order valence-corrected chi connectivity index (χ1v) is 7.25. The molecule has 0 aliphatic rings. The maximum Gasteiger partial charge on any atom is 0.274 e. The van der Waals surface area contributed by atoms with Crippen molar-refractivity contribution in [3.05, 3.63) is 76.0 Å². The molecule has 0 saturated carbocycles. The number of aromatic amines is 1. The van der Waals surface area contributed by atoms with Crippen molar-refractivity contribution in [3.63, 3.8) is 0 Å². The fourth-order valence-electron chi connectivity index (χ4n) is 2.14. The van der Waals surface area contributed by atoms with Crippen LogP contribution in [0.4, 0.5) is 16.0 Å². The molecule has 3 rings (SSSR count). The van der Waals surface area contributed by atoms with Crippen LogP contribution in [0.3, 0.4) is 0 Å². The van der Waals surface area contributed by atoms with Gasteiger partial charge in [-0.1, -0.05) is 12.1 Å². The van der Waals surface area contributed by atoms with Gasteiger partial charge in [-0.2, -0.15) is 0 Å². The molecule has 6 nitrogen and oxygen atoms in total. The third kappa shape index (κ3) is 3.75. The van der Waals surface area contributed by atoms with Crippen molar-refractivity contribution >= 4 is 11.6 Å². The number of methoxy groups -OCH3 is 1. The molecule has 0 bridgehead atoms. The summed E-state index contributed by atoms with van der Waals surface area (Å²) in [5, 5.41) is 10.8. The van der Waals surface area contributed by atoms with E-state index in [2.05, 4.69) is 20.5 Å². The number of nitrogens with one attached hydrogen (secondary N) is 2. The van der Waals surface area contributed by atoms with E-state index in [0.717, 1.165) is 11.3 Å². The molecular formula is C17H15FN4O2. The number of benzene rings is 2. The smallest absolute Gasteiger partial charge is 0.274 e. The van der Waals surface area contributed by atoms with Gasteiger partial charge < -0.3 is 10.1 Å². The summed E-state index contributed by atoms with van der Waals surface area (Å²) in [7, 11) is 1.60. The first-order valence-electron chi connectivity index (χ1n) is 7.25. The van der Waals surface area contributed by atoms with Gasteiger partial charge in [-0.05, 0) is 42.0 Å². The van der Waals surface area contributed by atoms with Gasteiger partial charge in [-0.3, -0.25) is 9.78 Å². The Bertz CT molecular complexity index is 876. The number of aromatic nitrogens is 3. The molecular weight excluding hydrogens is 311 g/mol. The zero-order valence-corrected chi connectivity index (χ0v) is 12.9. The highest BCUT2D eigenvalue weighted by molar-refractivity contribution is 5.52. The fourth-order valence-corrected chi connectivity index (χ4v) is 2.14. The Labute approximate surface area is 137 Å². The lowest BCUT2D eigenvalue weighted by molar-refractivity contribution is 0.414. The Balaban J connectivity index is 1.74. The van der Waals surface area contributed by atoms with Crippen molar-refractivity contribution < 1.29 is 9.13 Å². The summed E-state index contributed by atoms with van der Waals surface area (Å²) in [6.07, 6.45) is 0.364. The molecule has 24 heavy (non-hydrogen) atoms. The molecule has 1 heterocycles. The van der Waals surface area contributed by atoms with Crippen molar-refractivity contribution in [2.24, 2.45) is 0 Å². The highest BCUT2D eigenvalue weighted by Crippen LogP contribution is 2.14. The number of nitrogens with zero attached hydrogens (tertiary/aromatic N) is 2. The Morgan fingerprint density at radius 1 is 1.08 bits per heavy atom. The summed E-state index contributed by atoms with van der Waals surface area (Å²) in [6.45, 7) is 0. The number of hydrogen-bond donors (Lipinski definition) is 2. The van der Waals surface area contributed by atoms with Crippen LogP contribution in [0, 0.1) is 5.82 Å². The topological polar surface area (TPSA) is 79.9 Å². The predicted molar refractivity (Wildman–Crippen MR) is 88.1 cm³/mol. The molecule has 0 unspecified atom stereocenters. The van der Waals surface area contributed by atoms with Gasteiger partial charge in [0, 0.05) is 12.1 Å². The summed E-state index contributed by atoms with van der Waals surface area (Å²) in [5.74, 6) is 0.609. The molecule has 1 aromatic heterocycles. The van der Waals surface area contributed by atoms with Crippen molar-refractivity contribution in [2.75, 3.05) is 12.4 Å². The molecule has 0 radical (unpaired) electrons. The molecule has 0 aliphatic carbocycles. The van der Waals surface area contributed by atoms with Crippen LogP contribution in [0.25, 0.3) is 0 Å². The monoisotopic (exact) mass is 326 g/mol. The van der Waals surface area contributed by atoms with E-state index in [9.17, 15) is 9.18 Å². The molecule has 0 aliphatic heterocycles. The zero-order valence-electron chi connectivity index (χ0n) is 12.9. The van der Waals surface area contributed by atoms with E-state index in [1.54, 1.807) is 19.2 Å². The second-order valence-electron chi connectivity index (χ2n) is 5.11. The zero-order chi connectivity index (χ0) is 16.9. The molecule has 0 spiro atoms. The first-order chi connectivity index (χ1) is 11.6. The molecule has 2 N–H and O–H groups in total. The van der Waals surface area contributed by atoms with E-state index >= 15 is 0 Å². The summed E-state index contributed by atoms with van der Waals surface area (Å²) < 4.78 is 18.0. The van der Waals surface area contributed by atoms with Gasteiger partial charge in [0.1, 0.15) is 17.3 Å². The van der Waals surface area contributed by atoms with Crippen LogP contribution >= 0.6 is 0 Å². The van der Waals surface area contributed by atoms with E-state index < -0.39 is 0 Å². The standard InChI is InChI=1S/C17H15FN4O2/c1-24-14-8-2-11(3-9-14)10-15-16(23)20-17(22-21-15)19-13-6-4-12(18)5-7-13/h2-9H,10H2,1H3,(H2,19,20,22,23). The molecule has 0 fully saturated rings. The molecule has 0 amide bonds. The Morgan fingerprint density at radius 3 is 2.42 bits per heavy atom. The summed E-state index contributed by atoms with van der Waals surface area (Å²) in [5.41, 5.74) is 1.51. The minimum atomic E-state index is -0.338. The molecule has 3 aromatic rings. The van der Waals surface area contributed by atoms with Crippen LogP contribution in [0.15, 0.2) is 53.3 Å². The van der Waals surface area contributed by atoms with Gasteiger partial charge in [0.2, 0.25) is 5.95 Å². The van der Waals surface area contributed by atoms with E-state index in [4.69, 9.17) is 4.74 Å². The van der Waals surface area contributed by atoms with E-state index in [1.165, 1.54) is 12.1 Å². The third-order valence-corrected chi connectivity index (χ3v) is 3.40. The van der Waals surface area contributed by atoms with E-state index in [0.29, 0.717) is 17.8 Å². The predicted octanol–water partition coefficient (Wildman–Crippen LogP) is 2.65. The lowest BCUT2D eigenvalue weighted by Crippen LogP contribution is -2.18. The minimum absolute atomic E-state index is 0.199. The van der Waals surface area contributed by atoms with Gasteiger partial charge in [0.25, 0.3) is 5.56 Å². The highest BCUT2D eigenvalue weighted by Gasteiger charge is 2.07. The van der Waals surface area contributed by atoms with Crippen molar-refractivity contribution in [1.29, 1.82) is 0 Å². The van der Waals surface area contributed by atoms with Crippen molar-refractivity contribution in [3.8, 4) is 5.75 Å². The van der Waals surface area contributed by atoms with Crippen LogP contribution in [0.1, 0.15) is 11.3 Å².